The van der Waals surface area contributed by atoms with Crippen molar-refractivity contribution in [3.8, 4) is 0 Å². The average molecular weight is 255 g/mol. The quantitative estimate of drug-likeness (QED) is 0.659. The van der Waals surface area contributed by atoms with Crippen LogP contribution in [0.1, 0.15) is 57.8 Å². The van der Waals surface area contributed by atoms with Gasteiger partial charge in [0.15, 0.2) is 0 Å². The fraction of sp³-hybridized carbons (Fsp3) is 1.00. The van der Waals surface area contributed by atoms with Crippen LogP contribution in [0, 0.1) is 0 Å². The molecule has 0 aliphatic heterocycles. The van der Waals surface area contributed by atoms with Crippen LogP contribution in [0.3, 0.4) is 0 Å². The van der Waals surface area contributed by atoms with Gasteiger partial charge in [0.1, 0.15) is 0 Å². The van der Waals surface area contributed by atoms with Crippen molar-refractivity contribution in [2.24, 2.45) is 0 Å². The zero-order chi connectivity index (χ0) is 12.1. The minimum absolute atomic E-state index is 0.767. The molecule has 3 nitrogen and oxygen atoms in total. The molecule has 2 aliphatic carbocycles. The first-order valence-corrected chi connectivity index (χ1v) is 9.54. The van der Waals surface area contributed by atoms with Crippen molar-refractivity contribution in [2.75, 3.05) is 14.1 Å². The summed E-state index contributed by atoms with van der Waals surface area (Å²) in [5.41, 5.74) is 0.867. The van der Waals surface area contributed by atoms with Crippen LogP contribution in [-0.4, -0.2) is 28.7 Å². The zero-order valence-corrected chi connectivity index (χ0v) is 12.5. The Kier molecular flexibility index (Phi) is 5.03. The van der Waals surface area contributed by atoms with Crippen molar-refractivity contribution in [3.63, 3.8) is 0 Å². The van der Waals surface area contributed by atoms with E-state index in [1.54, 1.807) is 0 Å². The molecule has 4 heteroatoms. The van der Waals surface area contributed by atoms with E-state index in [-0.39, 0.29) is 0 Å². The Morgan fingerprint density at radius 3 is 1.82 bits per heavy atom. The van der Waals surface area contributed by atoms with E-state index in [4.69, 9.17) is 0 Å². The largest absolute Gasteiger partial charge is 0.316 e. The van der Waals surface area contributed by atoms with Gasteiger partial charge in [-0.1, -0.05) is 32.1 Å². The van der Waals surface area contributed by atoms with Crippen LogP contribution in [0.2, 0.25) is 5.54 Å². The first-order chi connectivity index (χ1) is 8.30. The van der Waals surface area contributed by atoms with Crippen LogP contribution in [-0.2, 0) is 0 Å². The molecule has 2 fully saturated rings. The van der Waals surface area contributed by atoms with Crippen LogP contribution < -0.4 is 14.9 Å². The van der Waals surface area contributed by atoms with Crippen LogP contribution in [0.5, 0.6) is 0 Å². The second kappa shape index (κ2) is 6.32. The summed E-state index contributed by atoms with van der Waals surface area (Å²) < 4.78 is 0. The van der Waals surface area contributed by atoms with Crippen LogP contribution in [0.15, 0.2) is 0 Å². The molecular formula is C13H29N3Si. The Labute approximate surface area is 107 Å². The van der Waals surface area contributed by atoms with Gasteiger partial charge in [0.25, 0.3) is 8.56 Å². The topological polar surface area (TPSA) is 36.1 Å². The smallest absolute Gasteiger partial charge is 0.284 e. The molecule has 0 heterocycles. The summed E-state index contributed by atoms with van der Waals surface area (Å²) in [5.74, 6) is 0. The maximum absolute atomic E-state index is 4.02. The molecule has 0 aromatic carbocycles. The van der Waals surface area contributed by atoms with Crippen LogP contribution in [0.25, 0.3) is 0 Å². The molecule has 0 radical (unpaired) electrons. The monoisotopic (exact) mass is 255 g/mol. The van der Waals surface area contributed by atoms with Gasteiger partial charge < -0.3 is 14.9 Å². The molecule has 100 valence electrons. The van der Waals surface area contributed by atoms with Crippen molar-refractivity contribution >= 4 is 8.56 Å². The minimum atomic E-state index is -1.66. The highest BCUT2D eigenvalue weighted by Crippen LogP contribution is 2.34. The molecule has 0 unspecified atom stereocenters. The van der Waals surface area contributed by atoms with E-state index < -0.39 is 8.56 Å². The van der Waals surface area contributed by atoms with Crippen LogP contribution >= 0.6 is 0 Å². The molecule has 3 N–H and O–H groups in total. The van der Waals surface area contributed by atoms with Gasteiger partial charge >= 0.3 is 0 Å². The van der Waals surface area contributed by atoms with Gasteiger partial charge in [-0.15, -0.1) is 0 Å². The lowest BCUT2D eigenvalue weighted by atomic mass is 10.0. The predicted octanol–water partition coefficient (Wildman–Crippen LogP) is 2.23. The van der Waals surface area contributed by atoms with Crippen molar-refractivity contribution in [2.45, 2.75) is 69.4 Å². The first kappa shape index (κ1) is 13.5. The number of nitrogens with one attached hydrogen (secondary N) is 3. The molecule has 0 saturated heterocycles. The van der Waals surface area contributed by atoms with Gasteiger partial charge in [0, 0.05) is 6.04 Å². The predicted molar refractivity (Wildman–Crippen MR) is 76.1 cm³/mol. The molecular weight excluding hydrogens is 226 g/mol. The van der Waals surface area contributed by atoms with E-state index in [9.17, 15) is 0 Å². The van der Waals surface area contributed by atoms with E-state index >= 15 is 0 Å². The Balaban J connectivity index is 2.00. The molecule has 0 spiro atoms. The Morgan fingerprint density at radius 2 is 1.29 bits per heavy atom. The fourth-order valence-corrected chi connectivity index (χ4v) is 7.52. The number of hydrogen-bond acceptors (Lipinski definition) is 3. The van der Waals surface area contributed by atoms with E-state index in [2.05, 4.69) is 29.0 Å². The molecule has 2 rings (SSSR count). The molecule has 0 aromatic heterocycles. The third kappa shape index (κ3) is 3.11. The molecule has 0 amide bonds. The molecule has 0 bridgehead atoms. The summed E-state index contributed by atoms with van der Waals surface area (Å²) in [6.45, 7) is 0. The summed E-state index contributed by atoms with van der Waals surface area (Å²) in [4.78, 5) is 11.4. The lowest BCUT2D eigenvalue weighted by Crippen LogP contribution is -2.74. The van der Waals surface area contributed by atoms with Crippen molar-refractivity contribution in [3.05, 3.63) is 0 Å². The average Bonchev–Trinajstić information content (AvgIpc) is 2.90. The van der Waals surface area contributed by atoms with Gasteiger partial charge in [0.05, 0.1) is 0 Å². The maximum Gasteiger partial charge on any atom is 0.284 e. The molecule has 0 atom stereocenters. The van der Waals surface area contributed by atoms with Crippen LogP contribution in [0.4, 0.5) is 0 Å². The summed E-state index contributed by atoms with van der Waals surface area (Å²) in [7, 11) is 2.65. The SMILES string of the molecule is CN[Si](NC)(NC1CCCC1)C1CCCCC1. The van der Waals surface area contributed by atoms with Gasteiger partial charge in [-0.2, -0.15) is 0 Å². The highest BCUT2D eigenvalue weighted by Gasteiger charge is 2.42. The van der Waals surface area contributed by atoms with Crippen molar-refractivity contribution in [1.82, 2.24) is 14.9 Å². The summed E-state index contributed by atoms with van der Waals surface area (Å²) in [5, 5.41) is 0. The normalized spacial score (nSPS) is 24.4. The molecule has 2 saturated carbocycles. The first-order valence-electron chi connectivity index (χ1n) is 7.46. The van der Waals surface area contributed by atoms with Crippen molar-refractivity contribution in [1.29, 1.82) is 0 Å². The Morgan fingerprint density at radius 1 is 0.765 bits per heavy atom. The summed E-state index contributed by atoms with van der Waals surface area (Å²) >= 11 is 0. The van der Waals surface area contributed by atoms with Gasteiger partial charge in [0.2, 0.25) is 0 Å². The lowest BCUT2D eigenvalue weighted by Gasteiger charge is -2.41. The fourth-order valence-electron chi connectivity index (χ4n) is 3.72. The highest BCUT2D eigenvalue weighted by atomic mass is 28.4. The minimum Gasteiger partial charge on any atom is -0.316 e. The second-order valence-corrected chi connectivity index (χ2v) is 9.49. The summed E-state index contributed by atoms with van der Waals surface area (Å²) in [6, 6.07) is 0.767. The van der Waals surface area contributed by atoms with E-state index in [1.807, 2.05) is 0 Å². The molecule has 0 aromatic rings. The van der Waals surface area contributed by atoms with Gasteiger partial charge in [-0.25, -0.2) is 0 Å². The van der Waals surface area contributed by atoms with Gasteiger partial charge in [-0.3, -0.25) is 0 Å². The second-order valence-electron chi connectivity index (χ2n) is 5.77. The Hall–Kier alpha value is 0.0969. The van der Waals surface area contributed by atoms with E-state index in [0.29, 0.717) is 0 Å². The molecule has 17 heavy (non-hydrogen) atoms. The van der Waals surface area contributed by atoms with Crippen molar-refractivity contribution < 1.29 is 0 Å². The molecule has 2 aliphatic rings. The third-order valence-electron chi connectivity index (χ3n) is 4.79. The van der Waals surface area contributed by atoms with E-state index in [1.165, 1.54) is 57.8 Å². The Bertz CT molecular complexity index is 219. The highest BCUT2D eigenvalue weighted by molar-refractivity contribution is 6.74. The third-order valence-corrected chi connectivity index (χ3v) is 9.04. The zero-order valence-electron chi connectivity index (χ0n) is 11.5. The number of hydrogen-bond donors (Lipinski definition) is 3. The number of rotatable bonds is 5. The van der Waals surface area contributed by atoms with Gasteiger partial charge in [-0.05, 0) is 45.3 Å². The maximum atomic E-state index is 4.02. The van der Waals surface area contributed by atoms with E-state index in [0.717, 1.165) is 11.6 Å². The standard InChI is InChI=1S/C13H29N3Si/c1-14-17(15-2,13-10-4-3-5-11-13)16-12-8-6-7-9-12/h12-16H,3-11H2,1-2H3. The lowest BCUT2D eigenvalue weighted by molar-refractivity contribution is 0.464. The summed E-state index contributed by atoms with van der Waals surface area (Å²) in [6.07, 6.45) is 12.7.